The lowest BCUT2D eigenvalue weighted by molar-refractivity contribution is -0.169. The van der Waals surface area contributed by atoms with E-state index in [2.05, 4.69) is 22.7 Å². The first-order chi connectivity index (χ1) is 11.1. The van der Waals surface area contributed by atoms with Crippen molar-refractivity contribution in [2.75, 3.05) is 13.2 Å². The van der Waals surface area contributed by atoms with Gasteiger partial charge in [-0.15, -0.1) is 0 Å². The summed E-state index contributed by atoms with van der Waals surface area (Å²) in [5, 5.41) is 10.3. The molecule has 2 fully saturated rings. The zero-order valence-electron chi connectivity index (χ0n) is 14.1. The van der Waals surface area contributed by atoms with Gasteiger partial charge in [0.05, 0.1) is 6.10 Å². The van der Waals surface area contributed by atoms with E-state index < -0.39 is 0 Å². The zero-order chi connectivity index (χ0) is 16.3. The topological polar surface area (TPSA) is 68.2 Å². The van der Waals surface area contributed by atoms with Crippen LogP contribution in [0.3, 0.4) is 0 Å². The molecular weight excluding hydrogens is 292 g/mol. The van der Waals surface area contributed by atoms with Crippen molar-refractivity contribution in [3.8, 4) is 0 Å². The van der Waals surface area contributed by atoms with E-state index in [1.807, 2.05) is 23.9 Å². The van der Waals surface area contributed by atoms with Gasteiger partial charge in [-0.3, -0.25) is 4.68 Å². The molecule has 1 spiro atoms. The number of carbonyl (C=O) groups is 1. The van der Waals surface area contributed by atoms with E-state index in [0.717, 1.165) is 19.6 Å². The molecule has 1 aromatic rings. The summed E-state index contributed by atoms with van der Waals surface area (Å²) in [6, 6.07) is 2.13. The summed E-state index contributed by atoms with van der Waals surface area (Å²) in [7, 11) is 0. The van der Waals surface area contributed by atoms with Crippen LogP contribution in [0.5, 0.6) is 0 Å². The van der Waals surface area contributed by atoms with Crippen LogP contribution < -0.4 is 10.6 Å². The smallest absolute Gasteiger partial charge is 0.315 e. The molecule has 6 heteroatoms. The average molecular weight is 320 g/mol. The van der Waals surface area contributed by atoms with Crippen molar-refractivity contribution in [2.45, 2.75) is 58.2 Å². The van der Waals surface area contributed by atoms with Crippen LogP contribution in [0.15, 0.2) is 18.5 Å². The van der Waals surface area contributed by atoms with Gasteiger partial charge in [0.2, 0.25) is 0 Å². The average Bonchev–Trinajstić information content (AvgIpc) is 2.95. The molecule has 0 bridgehead atoms. The Morgan fingerprint density at radius 3 is 2.96 bits per heavy atom. The number of carbonyl (C=O) groups excluding carboxylic acids is 1. The van der Waals surface area contributed by atoms with Gasteiger partial charge in [0.1, 0.15) is 0 Å². The van der Waals surface area contributed by atoms with Gasteiger partial charge in [-0.1, -0.05) is 13.3 Å². The highest BCUT2D eigenvalue weighted by Gasteiger charge is 2.59. The Hall–Kier alpha value is -1.56. The maximum absolute atomic E-state index is 12.2. The van der Waals surface area contributed by atoms with Crippen LogP contribution in [0.4, 0.5) is 4.79 Å². The normalized spacial score (nSPS) is 26.2. The second-order valence-electron chi connectivity index (χ2n) is 7.01. The second-order valence-corrected chi connectivity index (χ2v) is 7.01. The van der Waals surface area contributed by atoms with Gasteiger partial charge in [-0.05, 0) is 38.2 Å². The molecule has 2 amide bonds. The number of urea groups is 1. The van der Waals surface area contributed by atoms with E-state index in [4.69, 9.17) is 4.74 Å². The standard InChI is InChI=1S/C17H28N4O2/c1-3-23-15-10-14(17(15)6-4-7-17)20-16(22)18-11-13(2)12-21-9-5-8-19-21/h5,8-9,13-15H,3-4,6-7,10-12H2,1-2H3,(H2,18,20,22)/t13-,14+,15+/m0/s1. The van der Waals surface area contributed by atoms with Crippen LogP contribution in [0.1, 0.15) is 39.5 Å². The number of aromatic nitrogens is 2. The summed E-state index contributed by atoms with van der Waals surface area (Å²) >= 11 is 0. The highest BCUT2D eigenvalue weighted by Crippen LogP contribution is 2.57. The minimum absolute atomic E-state index is 0.0523. The molecule has 2 aliphatic carbocycles. The fourth-order valence-corrected chi connectivity index (χ4v) is 3.91. The molecule has 6 nitrogen and oxygen atoms in total. The van der Waals surface area contributed by atoms with E-state index in [1.54, 1.807) is 6.20 Å². The molecule has 2 N–H and O–H groups in total. The number of rotatable bonds is 7. The maximum atomic E-state index is 12.2. The lowest BCUT2D eigenvalue weighted by Crippen LogP contribution is -2.68. The van der Waals surface area contributed by atoms with Gasteiger partial charge >= 0.3 is 6.03 Å². The summed E-state index contributed by atoms with van der Waals surface area (Å²) in [6.07, 6.45) is 8.62. The molecule has 3 atom stereocenters. The Morgan fingerprint density at radius 1 is 1.52 bits per heavy atom. The van der Waals surface area contributed by atoms with Crippen LogP contribution >= 0.6 is 0 Å². The highest BCUT2D eigenvalue weighted by atomic mass is 16.5. The number of hydrogen-bond acceptors (Lipinski definition) is 3. The number of nitrogens with one attached hydrogen (secondary N) is 2. The molecule has 0 saturated heterocycles. The molecule has 0 unspecified atom stereocenters. The number of hydrogen-bond donors (Lipinski definition) is 2. The Kier molecular flexibility index (Phi) is 4.90. The van der Waals surface area contributed by atoms with Gasteiger partial charge in [-0.25, -0.2) is 4.79 Å². The molecule has 0 radical (unpaired) electrons. The fourth-order valence-electron chi connectivity index (χ4n) is 3.91. The second kappa shape index (κ2) is 6.91. The Bertz CT molecular complexity index is 513. The van der Waals surface area contributed by atoms with Crippen molar-refractivity contribution in [3.63, 3.8) is 0 Å². The van der Waals surface area contributed by atoms with Gasteiger partial charge in [0.25, 0.3) is 0 Å². The number of amides is 2. The van der Waals surface area contributed by atoms with E-state index in [0.29, 0.717) is 18.6 Å². The Morgan fingerprint density at radius 2 is 2.35 bits per heavy atom. The first-order valence-electron chi connectivity index (χ1n) is 8.77. The van der Waals surface area contributed by atoms with Gasteiger partial charge < -0.3 is 15.4 Å². The predicted molar refractivity (Wildman–Crippen MR) is 88.0 cm³/mol. The molecule has 2 saturated carbocycles. The summed E-state index contributed by atoms with van der Waals surface area (Å²) in [5.74, 6) is 0.343. The quantitative estimate of drug-likeness (QED) is 0.809. The summed E-state index contributed by atoms with van der Waals surface area (Å²) in [6.45, 7) is 6.38. The molecule has 1 aromatic heterocycles. The van der Waals surface area contributed by atoms with Crippen molar-refractivity contribution in [1.82, 2.24) is 20.4 Å². The molecule has 23 heavy (non-hydrogen) atoms. The van der Waals surface area contributed by atoms with Crippen molar-refractivity contribution >= 4 is 6.03 Å². The monoisotopic (exact) mass is 320 g/mol. The molecule has 128 valence electrons. The van der Waals surface area contributed by atoms with Crippen LogP contribution in [-0.4, -0.2) is 41.1 Å². The maximum Gasteiger partial charge on any atom is 0.315 e. The molecule has 0 aliphatic heterocycles. The third kappa shape index (κ3) is 3.37. The third-order valence-electron chi connectivity index (χ3n) is 5.41. The Labute approximate surface area is 138 Å². The molecular formula is C17H28N4O2. The fraction of sp³-hybridized carbons (Fsp3) is 0.765. The van der Waals surface area contributed by atoms with Crippen LogP contribution in [0, 0.1) is 11.3 Å². The van der Waals surface area contributed by atoms with Crippen molar-refractivity contribution in [1.29, 1.82) is 0 Å². The van der Waals surface area contributed by atoms with Gasteiger partial charge in [0, 0.05) is 43.5 Å². The van der Waals surface area contributed by atoms with Crippen LogP contribution in [0.25, 0.3) is 0 Å². The lowest BCUT2D eigenvalue weighted by Gasteiger charge is -2.60. The molecule has 1 heterocycles. The van der Waals surface area contributed by atoms with E-state index >= 15 is 0 Å². The SMILES string of the molecule is CCO[C@@H]1C[C@@H](NC(=O)NC[C@H](C)Cn2cccn2)C12CCC2. The molecule has 2 aliphatic rings. The molecule has 0 aromatic carbocycles. The summed E-state index contributed by atoms with van der Waals surface area (Å²) in [5.41, 5.74) is 0.216. The lowest BCUT2D eigenvalue weighted by atomic mass is 9.51. The minimum Gasteiger partial charge on any atom is -0.378 e. The first-order valence-corrected chi connectivity index (χ1v) is 8.77. The number of ether oxygens (including phenoxy) is 1. The number of nitrogens with zero attached hydrogens (tertiary/aromatic N) is 2. The predicted octanol–water partition coefficient (Wildman–Crippen LogP) is 2.17. The summed E-state index contributed by atoms with van der Waals surface area (Å²) < 4.78 is 7.72. The van der Waals surface area contributed by atoms with E-state index in [1.165, 1.54) is 19.3 Å². The van der Waals surface area contributed by atoms with Crippen molar-refractivity contribution in [3.05, 3.63) is 18.5 Å². The largest absolute Gasteiger partial charge is 0.378 e. The minimum atomic E-state index is -0.0523. The zero-order valence-corrected chi connectivity index (χ0v) is 14.1. The van der Waals surface area contributed by atoms with Gasteiger partial charge in [-0.2, -0.15) is 5.10 Å². The van der Waals surface area contributed by atoms with Gasteiger partial charge in [0.15, 0.2) is 0 Å². The first kappa shape index (κ1) is 16.3. The van der Waals surface area contributed by atoms with E-state index in [9.17, 15) is 4.79 Å². The third-order valence-corrected chi connectivity index (χ3v) is 5.41. The summed E-state index contributed by atoms with van der Waals surface area (Å²) in [4.78, 5) is 12.2. The highest BCUT2D eigenvalue weighted by molar-refractivity contribution is 5.74. The molecule has 3 rings (SSSR count). The Balaban J connectivity index is 1.40. The van der Waals surface area contributed by atoms with Crippen molar-refractivity contribution < 1.29 is 9.53 Å². The van der Waals surface area contributed by atoms with Crippen LogP contribution in [-0.2, 0) is 11.3 Å². The van der Waals surface area contributed by atoms with Crippen LogP contribution in [0.2, 0.25) is 0 Å². The van der Waals surface area contributed by atoms with E-state index in [-0.39, 0.29) is 17.5 Å². The van der Waals surface area contributed by atoms with Crippen molar-refractivity contribution in [2.24, 2.45) is 11.3 Å².